The van der Waals surface area contributed by atoms with E-state index in [4.69, 9.17) is 0 Å². The van der Waals surface area contributed by atoms with Crippen molar-refractivity contribution in [3.63, 3.8) is 0 Å². The van der Waals surface area contributed by atoms with Gasteiger partial charge in [0.2, 0.25) is 0 Å². The van der Waals surface area contributed by atoms with Crippen molar-refractivity contribution in [2.24, 2.45) is 0 Å². The Hall–Kier alpha value is -2.42. The fraction of sp³-hybridized carbons (Fsp3) is 0.217. The average molecular weight is 329 g/mol. The van der Waals surface area contributed by atoms with Crippen LogP contribution in [0.4, 0.5) is 0 Å². The molecule has 0 saturated carbocycles. The summed E-state index contributed by atoms with van der Waals surface area (Å²) in [6.45, 7) is 1.09. The van der Waals surface area contributed by atoms with Gasteiger partial charge in [0, 0.05) is 19.0 Å². The molecule has 0 bridgehead atoms. The van der Waals surface area contributed by atoms with Crippen molar-refractivity contribution in [2.75, 3.05) is 13.6 Å². The summed E-state index contributed by atoms with van der Waals surface area (Å²) in [6, 6.07) is 29.0. The molecule has 0 amide bonds. The van der Waals surface area contributed by atoms with Crippen LogP contribution in [0.1, 0.15) is 28.3 Å². The van der Waals surface area contributed by atoms with Crippen molar-refractivity contribution in [2.45, 2.75) is 18.1 Å². The first-order valence-electron chi connectivity index (χ1n) is 8.80. The lowest BCUT2D eigenvalue weighted by atomic mass is 9.80. The minimum absolute atomic E-state index is 0.479. The number of aliphatic hydroxyl groups is 1. The first-order valence-corrected chi connectivity index (χ1v) is 8.80. The SMILES string of the molecule is CN1CC1c1ccccc1CC(O)(c1ccccc1)c1ccccc1. The first kappa shape index (κ1) is 16.1. The molecule has 4 rings (SSSR count). The van der Waals surface area contributed by atoms with E-state index in [2.05, 4.69) is 36.2 Å². The van der Waals surface area contributed by atoms with Gasteiger partial charge in [-0.15, -0.1) is 0 Å². The molecular formula is C23H23NO. The van der Waals surface area contributed by atoms with Crippen LogP contribution in [0.15, 0.2) is 84.9 Å². The second-order valence-corrected chi connectivity index (χ2v) is 6.92. The molecule has 0 spiro atoms. The Kier molecular flexibility index (Phi) is 4.16. The average Bonchev–Trinajstić information content (AvgIpc) is 3.40. The molecule has 1 heterocycles. The Morgan fingerprint density at radius 1 is 0.840 bits per heavy atom. The van der Waals surface area contributed by atoms with Crippen molar-refractivity contribution < 1.29 is 5.11 Å². The van der Waals surface area contributed by atoms with E-state index < -0.39 is 5.60 Å². The van der Waals surface area contributed by atoms with Gasteiger partial charge >= 0.3 is 0 Å². The molecule has 1 aliphatic heterocycles. The minimum atomic E-state index is -1.04. The Bertz CT molecular complexity index is 805. The van der Waals surface area contributed by atoms with Gasteiger partial charge in [0.1, 0.15) is 5.60 Å². The molecule has 0 aliphatic carbocycles. The molecule has 2 heteroatoms. The first-order chi connectivity index (χ1) is 12.2. The summed E-state index contributed by atoms with van der Waals surface area (Å²) in [7, 11) is 2.14. The molecule has 1 fully saturated rings. The molecule has 25 heavy (non-hydrogen) atoms. The van der Waals surface area contributed by atoms with E-state index in [1.165, 1.54) is 11.1 Å². The lowest BCUT2D eigenvalue weighted by Gasteiger charge is -2.30. The number of nitrogens with zero attached hydrogens (tertiary/aromatic N) is 1. The molecule has 3 aromatic carbocycles. The van der Waals surface area contributed by atoms with E-state index in [9.17, 15) is 5.11 Å². The zero-order valence-electron chi connectivity index (χ0n) is 14.5. The number of likely N-dealkylation sites (N-methyl/N-ethyl adjacent to an activating group) is 1. The van der Waals surface area contributed by atoms with E-state index in [1.54, 1.807) is 0 Å². The second-order valence-electron chi connectivity index (χ2n) is 6.92. The van der Waals surface area contributed by atoms with Crippen LogP contribution in [-0.4, -0.2) is 23.6 Å². The van der Waals surface area contributed by atoms with Gasteiger partial charge in [-0.3, -0.25) is 4.90 Å². The molecule has 2 nitrogen and oxygen atoms in total. The number of rotatable bonds is 5. The van der Waals surface area contributed by atoms with Crippen LogP contribution >= 0.6 is 0 Å². The number of hydrogen-bond acceptors (Lipinski definition) is 2. The largest absolute Gasteiger partial charge is 0.380 e. The van der Waals surface area contributed by atoms with Gasteiger partial charge in [-0.2, -0.15) is 0 Å². The van der Waals surface area contributed by atoms with Crippen LogP contribution in [0, 0.1) is 0 Å². The minimum Gasteiger partial charge on any atom is -0.380 e. The lowest BCUT2D eigenvalue weighted by molar-refractivity contribution is 0.0808. The summed E-state index contributed by atoms with van der Waals surface area (Å²) < 4.78 is 0. The Balaban J connectivity index is 1.79. The highest BCUT2D eigenvalue weighted by Crippen LogP contribution is 2.39. The van der Waals surface area contributed by atoms with Crippen molar-refractivity contribution in [1.29, 1.82) is 0 Å². The van der Waals surface area contributed by atoms with Crippen molar-refractivity contribution in [1.82, 2.24) is 4.90 Å². The maximum absolute atomic E-state index is 11.8. The van der Waals surface area contributed by atoms with Crippen LogP contribution in [0.3, 0.4) is 0 Å². The monoisotopic (exact) mass is 329 g/mol. The van der Waals surface area contributed by atoms with Gasteiger partial charge in [-0.05, 0) is 29.3 Å². The summed E-state index contributed by atoms with van der Waals surface area (Å²) in [5, 5.41) is 11.8. The molecule has 3 aromatic rings. The van der Waals surface area contributed by atoms with Gasteiger partial charge in [0.05, 0.1) is 0 Å². The van der Waals surface area contributed by atoms with E-state index in [0.29, 0.717) is 12.5 Å². The summed E-state index contributed by atoms with van der Waals surface area (Å²) in [5.74, 6) is 0. The standard InChI is InChI=1S/C23H23NO/c1-24-17-22(24)21-15-9-8-10-18(21)16-23(25,19-11-4-2-5-12-19)20-13-6-3-7-14-20/h2-15,22,25H,16-17H2,1H3. The third kappa shape index (κ3) is 3.11. The zero-order valence-corrected chi connectivity index (χ0v) is 14.5. The van der Waals surface area contributed by atoms with Crippen LogP contribution in [0.2, 0.25) is 0 Å². The normalized spacial score (nSPS) is 19.6. The third-order valence-corrected chi connectivity index (χ3v) is 5.22. The molecule has 2 atom stereocenters. The smallest absolute Gasteiger partial charge is 0.119 e. The molecule has 1 aliphatic rings. The molecule has 1 saturated heterocycles. The van der Waals surface area contributed by atoms with Gasteiger partial charge in [0.25, 0.3) is 0 Å². The zero-order chi connectivity index (χ0) is 17.3. The van der Waals surface area contributed by atoms with Crippen LogP contribution < -0.4 is 0 Å². The molecule has 2 unspecified atom stereocenters. The van der Waals surface area contributed by atoms with E-state index in [-0.39, 0.29) is 0 Å². The number of hydrogen-bond donors (Lipinski definition) is 1. The van der Waals surface area contributed by atoms with E-state index in [1.807, 2.05) is 60.7 Å². The van der Waals surface area contributed by atoms with Crippen molar-refractivity contribution in [3.05, 3.63) is 107 Å². The maximum atomic E-state index is 11.8. The van der Waals surface area contributed by atoms with Crippen LogP contribution in [-0.2, 0) is 12.0 Å². The Morgan fingerprint density at radius 2 is 1.32 bits per heavy atom. The lowest BCUT2D eigenvalue weighted by Crippen LogP contribution is -2.30. The topological polar surface area (TPSA) is 23.2 Å². The van der Waals surface area contributed by atoms with E-state index >= 15 is 0 Å². The van der Waals surface area contributed by atoms with Crippen molar-refractivity contribution >= 4 is 0 Å². The van der Waals surface area contributed by atoms with E-state index in [0.717, 1.165) is 17.7 Å². The predicted octanol–water partition coefficient (Wildman–Crippen LogP) is 4.15. The maximum Gasteiger partial charge on any atom is 0.119 e. The highest BCUT2D eigenvalue weighted by molar-refractivity contribution is 5.41. The second kappa shape index (κ2) is 6.47. The highest BCUT2D eigenvalue weighted by atomic mass is 16.3. The van der Waals surface area contributed by atoms with Crippen LogP contribution in [0.25, 0.3) is 0 Å². The predicted molar refractivity (Wildman–Crippen MR) is 101 cm³/mol. The summed E-state index contributed by atoms with van der Waals surface area (Å²) in [4.78, 5) is 2.32. The van der Waals surface area contributed by atoms with Crippen molar-refractivity contribution in [3.8, 4) is 0 Å². The molecule has 126 valence electrons. The summed E-state index contributed by atoms with van der Waals surface area (Å²) in [6.07, 6.45) is 0.571. The summed E-state index contributed by atoms with van der Waals surface area (Å²) >= 11 is 0. The van der Waals surface area contributed by atoms with Gasteiger partial charge in [-0.1, -0.05) is 84.9 Å². The third-order valence-electron chi connectivity index (χ3n) is 5.22. The fourth-order valence-electron chi connectivity index (χ4n) is 3.66. The Labute approximate surface area is 149 Å². The highest BCUT2D eigenvalue weighted by Gasteiger charge is 2.36. The van der Waals surface area contributed by atoms with Gasteiger partial charge in [0.15, 0.2) is 0 Å². The molecule has 0 aromatic heterocycles. The molecular weight excluding hydrogens is 306 g/mol. The van der Waals surface area contributed by atoms with Crippen LogP contribution in [0.5, 0.6) is 0 Å². The van der Waals surface area contributed by atoms with Gasteiger partial charge < -0.3 is 5.11 Å². The molecule has 0 radical (unpaired) electrons. The summed E-state index contributed by atoms with van der Waals surface area (Å²) in [5.41, 5.74) is 3.37. The molecule has 1 N–H and O–H groups in total. The van der Waals surface area contributed by atoms with Gasteiger partial charge in [-0.25, -0.2) is 0 Å². The number of benzene rings is 3. The Morgan fingerprint density at radius 3 is 1.84 bits per heavy atom. The quantitative estimate of drug-likeness (QED) is 0.711. The fourth-order valence-corrected chi connectivity index (χ4v) is 3.66.